The van der Waals surface area contributed by atoms with Gasteiger partial charge in [0.05, 0.1) is 40.9 Å². The Morgan fingerprint density at radius 3 is 2.68 bits per heavy atom. The number of aromatic nitrogens is 5. The lowest BCUT2D eigenvalue weighted by Gasteiger charge is -2.33. The van der Waals surface area contributed by atoms with Crippen LogP contribution in [0.4, 0.5) is 11.6 Å². The molecule has 3 heterocycles. The monoisotopic (exact) mass is 469 g/mol. The predicted molar refractivity (Wildman–Crippen MR) is 139 cm³/mol. The van der Waals surface area contributed by atoms with Gasteiger partial charge in [0.2, 0.25) is 15.0 Å². The largest absolute Gasteiger partial charge is 0.410 e. The van der Waals surface area contributed by atoms with Gasteiger partial charge in [-0.15, -0.1) is 5.10 Å². The average Bonchev–Trinajstić information content (AvgIpc) is 3.43. The molecule has 0 amide bonds. The first-order chi connectivity index (χ1) is 16.3. The quantitative estimate of drug-likeness (QED) is 0.282. The predicted octanol–water partition coefficient (Wildman–Crippen LogP) is 6.37. The summed E-state index contributed by atoms with van der Waals surface area (Å²) in [4.78, 5) is 11.9. The van der Waals surface area contributed by atoms with Crippen molar-refractivity contribution in [2.75, 3.05) is 5.32 Å². The number of H-pyrrole nitrogens is 1. The van der Waals surface area contributed by atoms with E-state index < -0.39 is 9.04 Å². The highest BCUT2D eigenvalue weighted by Crippen LogP contribution is 2.38. The molecule has 7 nitrogen and oxygen atoms in total. The first kappa shape index (κ1) is 22.3. The van der Waals surface area contributed by atoms with E-state index in [4.69, 9.17) is 9.52 Å². The number of aromatic amines is 1. The summed E-state index contributed by atoms with van der Waals surface area (Å²) in [6.45, 7) is 11.1. The third kappa shape index (κ3) is 4.46. The van der Waals surface area contributed by atoms with Crippen molar-refractivity contribution in [2.45, 2.75) is 40.0 Å². The molecule has 0 fully saturated rings. The van der Waals surface area contributed by atoms with Crippen molar-refractivity contribution in [1.29, 1.82) is 0 Å². The second kappa shape index (κ2) is 8.70. The zero-order chi connectivity index (χ0) is 23.9. The van der Waals surface area contributed by atoms with E-state index >= 15 is 0 Å². The summed E-state index contributed by atoms with van der Waals surface area (Å²) in [5.41, 5.74) is 7.01. The molecular weight excluding hydrogens is 440 g/mol. The standard InChI is InChI=1S/C26H29N6OSi/c1-26(2,3)24(33-34(4)5)18-8-6-7-17(13-18)23-12-10-20-15-27-25(31-32(20)23)30-19-9-11-21-22(14-19)29-16-28-21/h6-16,24H,1-5H3,(H,28,29)(H,30,31). The van der Waals surface area contributed by atoms with Gasteiger partial charge in [0.25, 0.3) is 0 Å². The van der Waals surface area contributed by atoms with Gasteiger partial charge in [-0.2, -0.15) is 0 Å². The van der Waals surface area contributed by atoms with Crippen molar-refractivity contribution in [1.82, 2.24) is 24.6 Å². The molecule has 0 saturated heterocycles. The number of nitrogens with one attached hydrogen (secondary N) is 2. The lowest BCUT2D eigenvalue weighted by molar-refractivity contribution is 0.0866. The van der Waals surface area contributed by atoms with Crippen LogP contribution in [0.1, 0.15) is 32.4 Å². The summed E-state index contributed by atoms with van der Waals surface area (Å²) < 4.78 is 8.36. The average molecular weight is 470 g/mol. The lowest BCUT2D eigenvalue weighted by Crippen LogP contribution is -2.25. The van der Waals surface area contributed by atoms with Gasteiger partial charge in [-0.3, -0.25) is 0 Å². The van der Waals surface area contributed by atoms with E-state index in [1.807, 2.05) is 35.0 Å². The Morgan fingerprint density at radius 2 is 1.88 bits per heavy atom. The van der Waals surface area contributed by atoms with Crippen molar-refractivity contribution < 1.29 is 4.43 Å². The van der Waals surface area contributed by atoms with Crippen LogP contribution in [0, 0.1) is 5.41 Å². The molecular formula is C26H29N6OSi. The van der Waals surface area contributed by atoms with E-state index in [0.29, 0.717) is 5.95 Å². The van der Waals surface area contributed by atoms with Crippen LogP contribution in [0.5, 0.6) is 0 Å². The highest BCUT2D eigenvalue weighted by Gasteiger charge is 2.28. The summed E-state index contributed by atoms with van der Waals surface area (Å²) >= 11 is 0. The van der Waals surface area contributed by atoms with Crippen molar-refractivity contribution in [3.63, 3.8) is 0 Å². The molecule has 2 aromatic carbocycles. The molecule has 5 rings (SSSR count). The smallest absolute Gasteiger partial charge is 0.245 e. The number of rotatable bonds is 6. The van der Waals surface area contributed by atoms with Crippen molar-refractivity contribution in [2.24, 2.45) is 5.41 Å². The first-order valence-electron chi connectivity index (χ1n) is 11.4. The second-order valence-corrected chi connectivity index (χ2v) is 11.8. The minimum Gasteiger partial charge on any atom is -0.410 e. The van der Waals surface area contributed by atoms with Crippen LogP contribution in [-0.4, -0.2) is 33.6 Å². The van der Waals surface area contributed by atoms with Gasteiger partial charge >= 0.3 is 0 Å². The van der Waals surface area contributed by atoms with Crippen LogP contribution in [0.25, 0.3) is 27.8 Å². The van der Waals surface area contributed by atoms with Gasteiger partial charge in [-0.25, -0.2) is 14.5 Å². The molecule has 1 radical (unpaired) electrons. The van der Waals surface area contributed by atoms with Gasteiger partial charge in [0.1, 0.15) is 0 Å². The Labute approximate surface area is 201 Å². The van der Waals surface area contributed by atoms with Crippen molar-refractivity contribution >= 4 is 37.2 Å². The fourth-order valence-corrected chi connectivity index (χ4v) is 5.12. The molecule has 5 aromatic rings. The van der Waals surface area contributed by atoms with Crippen molar-refractivity contribution in [3.8, 4) is 11.3 Å². The van der Waals surface area contributed by atoms with Crippen LogP contribution in [0.15, 0.2) is 67.1 Å². The first-order valence-corrected chi connectivity index (χ1v) is 13.8. The number of benzene rings is 2. The Morgan fingerprint density at radius 1 is 1.03 bits per heavy atom. The molecule has 3 aromatic heterocycles. The minimum absolute atomic E-state index is 0.00317. The van der Waals surface area contributed by atoms with Crippen molar-refractivity contribution in [3.05, 3.63) is 72.7 Å². The third-order valence-electron chi connectivity index (χ3n) is 5.70. The van der Waals surface area contributed by atoms with E-state index in [1.165, 1.54) is 5.56 Å². The second-order valence-electron chi connectivity index (χ2n) is 9.79. The Kier molecular flexibility index (Phi) is 5.71. The third-order valence-corrected chi connectivity index (χ3v) is 6.41. The fraction of sp³-hybridized carbons (Fsp3) is 0.269. The molecule has 0 aliphatic rings. The Hall–Kier alpha value is -3.49. The molecule has 0 aliphatic carbocycles. The zero-order valence-electron chi connectivity index (χ0n) is 20.1. The maximum atomic E-state index is 6.42. The van der Waals surface area contributed by atoms with Crippen LogP contribution in [0.3, 0.4) is 0 Å². The molecule has 0 saturated carbocycles. The number of anilines is 2. The highest BCUT2D eigenvalue weighted by molar-refractivity contribution is 6.48. The summed E-state index contributed by atoms with van der Waals surface area (Å²) in [6, 6.07) is 18.7. The highest BCUT2D eigenvalue weighted by atomic mass is 28.3. The van der Waals surface area contributed by atoms with E-state index in [1.54, 1.807) is 6.33 Å². The number of hydrogen-bond donors (Lipinski definition) is 2. The number of imidazole rings is 1. The molecule has 173 valence electrons. The van der Waals surface area contributed by atoms with Gasteiger partial charge in [0, 0.05) is 11.3 Å². The molecule has 34 heavy (non-hydrogen) atoms. The van der Waals surface area contributed by atoms with E-state index in [9.17, 15) is 0 Å². The van der Waals surface area contributed by atoms with Gasteiger partial charge in [0.15, 0.2) is 0 Å². The fourth-order valence-electron chi connectivity index (χ4n) is 4.16. The number of nitrogens with zero attached hydrogens (tertiary/aromatic N) is 4. The lowest BCUT2D eigenvalue weighted by atomic mass is 9.84. The van der Waals surface area contributed by atoms with Crippen LogP contribution in [-0.2, 0) is 4.43 Å². The minimum atomic E-state index is -0.848. The maximum absolute atomic E-state index is 6.42. The maximum Gasteiger partial charge on any atom is 0.245 e. The number of fused-ring (bicyclic) bond motifs is 2. The molecule has 0 bridgehead atoms. The molecule has 0 aliphatic heterocycles. The summed E-state index contributed by atoms with van der Waals surface area (Å²) in [5.74, 6) is 0.528. The zero-order valence-corrected chi connectivity index (χ0v) is 21.1. The number of hydrogen-bond acceptors (Lipinski definition) is 5. The van der Waals surface area contributed by atoms with Gasteiger partial charge in [-0.05, 0) is 60.5 Å². The van der Waals surface area contributed by atoms with Crippen LogP contribution >= 0.6 is 0 Å². The molecule has 1 unspecified atom stereocenters. The van der Waals surface area contributed by atoms with E-state index in [2.05, 4.69) is 84.5 Å². The normalized spacial score (nSPS) is 13.1. The van der Waals surface area contributed by atoms with Crippen LogP contribution < -0.4 is 5.32 Å². The Balaban J connectivity index is 1.50. The van der Waals surface area contributed by atoms with E-state index in [-0.39, 0.29) is 11.5 Å². The molecule has 1 atom stereocenters. The summed E-state index contributed by atoms with van der Waals surface area (Å²) in [6.07, 6.45) is 3.56. The van der Waals surface area contributed by atoms with Gasteiger partial charge in [-0.1, -0.05) is 39.0 Å². The molecule has 0 spiro atoms. The Bertz CT molecular complexity index is 1450. The topological polar surface area (TPSA) is 80.1 Å². The summed E-state index contributed by atoms with van der Waals surface area (Å²) in [7, 11) is -0.848. The van der Waals surface area contributed by atoms with Crippen LogP contribution in [0.2, 0.25) is 13.1 Å². The molecule has 8 heteroatoms. The summed E-state index contributed by atoms with van der Waals surface area (Å²) in [5, 5.41) is 8.10. The SMILES string of the molecule is C[Si](C)OC(c1cccc(-c2ccc3cnc(Nc4ccc5nc[nH]c5c4)nn23)c1)C(C)(C)C. The molecule has 2 N–H and O–H groups in total. The van der Waals surface area contributed by atoms with E-state index in [0.717, 1.165) is 33.5 Å². The van der Waals surface area contributed by atoms with Gasteiger partial charge < -0.3 is 14.7 Å².